The highest BCUT2D eigenvalue weighted by Gasteiger charge is 2.17. The lowest BCUT2D eigenvalue weighted by atomic mass is 10.3. The summed E-state index contributed by atoms with van der Waals surface area (Å²) in [5.41, 5.74) is 1.42. The number of halogens is 3. The van der Waals surface area contributed by atoms with Gasteiger partial charge in [0, 0.05) is 12.1 Å². The molecule has 0 fully saturated rings. The number of alkyl halides is 1. The van der Waals surface area contributed by atoms with Gasteiger partial charge in [-0.05, 0) is 35.6 Å². The molecule has 20 heavy (non-hydrogen) atoms. The minimum Gasteiger partial charge on any atom is -0.359 e. The number of rotatable bonds is 3. The Labute approximate surface area is 133 Å². The molecule has 0 aliphatic heterocycles. The second-order valence-corrected chi connectivity index (χ2v) is 6.22. The van der Waals surface area contributed by atoms with E-state index in [1.807, 2.05) is 34.1 Å². The maximum absolute atomic E-state index is 13.8. The van der Waals surface area contributed by atoms with Crippen LogP contribution in [0.15, 0.2) is 28.9 Å². The lowest BCUT2D eigenvalue weighted by Crippen LogP contribution is -2.05. The minimum absolute atomic E-state index is 0.273. The second-order valence-electron chi connectivity index (χ2n) is 4.41. The molecule has 0 saturated heterocycles. The van der Waals surface area contributed by atoms with Gasteiger partial charge in [0.2, 0.25) is 0 Å². The summed E-state index contributed by atoms with van der Waals surface area (Å²) in [6, 6.07) is 4.95. The van der Waals surface area contributed by atoms with Gasteiger partial charge in [-0.3, -0.25) is 0 Å². The largest absolute Gasteiger partial charge is 0.359 e. The molecular formula is C13H10ClFIN3O. The Bertz CT molecular complexity index is 755. The van der Waals surface area contributed by atoms with Crippen molar-refractivity contribution >= 4 is 45.2 Å². The van der Waals surface area contributed by atoms with Crippen molar-refractivity contribution in [3.05, 3.63) is 45.4 Å². The van der Waals surface area contributed by atoms with Gasteiger partial charge in [-0.2, -0.15) is 0 Å². The maximum atomic E-state index is 13.8. The van der Waals surface area contributed by atoms with Crippen molar-refractivity contribution < 1.29 is 8.91 Å². The van der Waals surface area contributed by atoms with Crippen LogP contribution >= 0.6 is 34.2 Å². The number of benzene rings is 1. The van der Waals surface area contributed by atoms with Gasteiger partial charge < -0.3 is 9.09 Å². The molecule has 104 valence electrons. The molecule has 0 aliphatic rings. The highest BCUT2D eigenvalue weighted by molar-refractivity contribution is 14.1. The van der Waals surface area contributed by atoms with Crippen LogP contribution in [-0.2, 0) is 6.54 Å². The van der Waals surface area contributed by atoms with Crippen LogP contribution in [0.5, 0.6) is 0 Å². The van der Waals surface area contributed by atoms with E-state index in [1.165, 1.54) is 6.07 Å². The maximum Gasteiger partial charge on any atom is 0.156 e. The number of aromatic nitrogens is 3. The summed E-state index contributed by atoms with van der Waals surface area (Å²) in [5, 5.41) is 3.39. The predicted molar refractivity (Wildman–Crippen MR) is 82.3 cm³/mol. The Hall–Kier alpha value is -1.15. The van der Waals surface area contributed by atoms with E-state index in [0.717, 1.165) is 5.52 Å². The lowest BCUT2D eigenvalue weighted by Gasteiger charge is -2.08. The van der Waals surface area contributed by atoms with E-state index in [9.17, 15) is 4.39 Å². The molecule has 0 bridgehead atoms. The fourth-order valence-electron chi connectivity index (χ4n) is 2.09. The van der Waals surface area contributed by atoms with Gasteiger partial charge in [-0.25, -0.2) is 9.37 Å². The molecule has 3 aromatic rings. The van der Waals surface area contributed by atoms with Crippen LogP contribution in [0.1, 0.15) is 23.9 Å². The smallest absolute Gasteiger partial charge is 0.156 e. The first-order chi connectivity index (χ1) is 9.56. The van der Waals surface area contributed by atoms with Crippen molar-refractivity contribution in [2.24, 2.45) is 0 Å². The molecule has 0 spiro atoms. The Morgan fingerprint density at radius 2 is 2.30 bits per heavy atom. The quantitative estimate of drug-likeness (QED) is 0.486. The molecule has 0 radical (unpaired) electrons. The molecular weight excluding hydrogens is 396 g/mol. The van der Waals surface area contributed by atoms with Crippen LogP contribution < -0.4 is 0 Å². The van der Waals surface area contributed by atoms with E-state index < -0.39 is 0 Å². The molecule has 4 nitrogen and oxygen atoms in total. The zero-order valence-corrected chi connectivity index (χ0v) is 13.4. The van der Waals surface area contributed by atoms with Gasteiger partial charge in [0.15, 0.2) is 5.76 Å². The Morgan fingerprint density at radius 1 is 1.50 bits per heavy atom. The van der Waals surface area contributed by atoms with Crippen molar-refractivity contribution in [1.82, 2.24) is 14.7 Å². The molecule has 0 saturated carbocycles. The summed E-state index contributed by atoms with van der Waals surface area (Å²) < 4.78 is 21.3. The standard InChI is InChI=1S/C13H10ClFIN3O/c1-7(14)13-18-11-5-10(16)9(15)4-12(11)19(13)6-8-2-3-17-20-8/h2-5,7H,6H2,1H3. The average Bonchev–Trinajstić information content (AvgIpc) is 3.00. The first-order valence-corrected chi connectivity index (χ1v) is 7.46. The van der Waals surface area contributed by atoms with Gasteiger partial charge in [-0.1, -0.05) is 5.16 Å². The van der Waals surface area contributed by atoms with E-state index in [2.05, 4.69) is 10.1 Å². The zero-order chi connectivity index (χ0) is 14.3. The van der Waals surface area contributed by atoms with Crippen LogP contribution in [-0.4, -0.2) is 14.7 Å². The predicted octanol–water partition coefficient (Wildman–Crippen LogP) is 4.12. The van der Waals surface area contributed by atoms with Gasteiger partial charge in [-0.15, -0.1) is 11.6 Å². The van der Waals surface area contributed by atoms with Crippen molar-refractivity contribution in [3.8, 4) is 0 Å². The Balaban J connectivity index is 2.20. The number of hydrogen-bond donors (Lipinski definition) is 0. The fourth-order valence-corrected chi connectivity index (χ4v) is 2.71. The summed E-state index contributed by atoms with van der Waals surface area (Å²) in [5.74, 6) is 1.08. The first kappa shape index (κ1) is 13.8. The van der Waals surface area contributed by atoms with E-state index in [0.29, 0.717) is 27.2 Å². The zero-order valence-electron chi connectivity index (χ0n) is 10.5. The third-order valence-electron chi connectivity index (χ3n) is 2.98. The molecule has 3 rings (SSSR count). The van der Waals surface area contributed by atoms with Crippen molar-refractivity contribution in [1.29, 1.82) is 0 Å². The highest BCUT2D eigenvalue weighted by Crippen LogP contribution is 2.27. The molecule has 0 aliphatic carbocycles. The average molecular weight is 406 g/mol. The van der Waals surface area contributed by atoms with Crippen molar-refractivity contribution in [2.75, 3.05) is 0 Å². The minimum atomic E-state index is -0.286. The van der Waals surface area contributed by atoms with E-state index >= 15 is 0 Å². The number of hydrogen-bond acceptors (Lipinski definition) is 3. The van der Waals surface area contributed by atoms with E-state index in [4.69, 9.17) is 16.1 Å². The van der Waals surface area contributed by atoms with Crippen LogP contribution in [0.4, 0.5) is 4.39 Å². The van der Waals surface area contributed by atoms with Crippen molar-refractivity contribution in [3.63, 3.8) is 0 Å². The van der Waals surface area contributed by atoms with Crippen molar-refractivity contribution in [2.45, 2.75) is 18.8 Å². The number of imidazole rings is 1. The van der Waals surface area contributed by atoms with Crippen LogP contribution in [0.3, 0.4) is 0 Å². The monoisotopic (exact) mass is 405 g/mol. The normalized spacial score (nSPS) is 13.0. The molecule has 2 aromatic heterocycles. The molecule has 0 amide bonds. The Morgan fingerprint density at radius 3 is 2.95 bits per heavy atom. The second kappa shape index (κ2) is 5.33. The third-order valence-corrected chi connectivity index (χ3v) is 4.00. The van der Waals surface area contributed by atoms with E-state index in [-0.39, 0.29) is 11.2 Å². The number of nitrogens with zero attached hydrogens (tertiary/aromatic N) is 3. The van der Waals surface area contributed by atoms with Gasteiger partial charge in [0.1, 0.15) is 11.6 Å². The Kier molecular flexibility index (Phi) is 3.68. The molecule has 1 unspecified atom stereocenters. The molecule has 7 heteroatoms. The summed E-state index contributed by atoms with van der Waals surface area (Å²) in [6.07, 6.45) is 1.57. The lowest BCUT2D eigenvalue weighted by molar-refractivity contribution is 0.376. The molecule has 1 aromatic carbocycles. The first-order valence-electron chi connectivity index (χ1n) is 5.95. The summed E-state index contributed by atoms with van der Waals surface area (Å²) >= 11 is 8.12. The van der Waals surface area contributed by atoms with Gasteiger partial charge >= 0.3 is 0 Å². The third kappa shape index (κ3) is 2.42. The topological polar surface area (TPSA) is 43.9 Å². The van der Waals surface area contributed by atoms with Crippen LogP contribution in [0.25, 0.3) is 11.0 Å². The van der Waals surface area contributed by atoms with Gasteiger partial charge in [0.05, 0.1) is 32.7 Å². The fraction of sp³-hybridized carbons (Fsp3) is 0.231. The van der Waals surface area contributed by atoms with Crippen LogP contribution in [0, 0.1) is 9.39 Å². The van der Waals surface area contributed by atoms with Crippen LogP contribution in [0.2, 0.25) is 0 Å². The van der Waals surface area contributed by atoms with E-state index in [1.54, 1.807) is 18.3 Å². The molecule has 1 atom stereocenters. The summed E-state index contributed by atoms with van der Waals surface area (Å²) in [6.45, 7) is 2.25. The number of fused-ring (bicyclic) bond motifs is 1. The molecule has 0 N–H and O–H groups in total. The summed E-state index contributed by atoms with van der Waals surface area (Å²) in [4.78, 5) is 4.49. The SMILES string of the molecule is CC(Cl)c1nc2cc(I)c(F)cc2n1Cc1ccno1. The molecule has 2 heterocycles. The van der Waals surface area contributed by atoms with Gasteiger partial charge in [0.25, 0.3) is 0 Å². The summed E-state index contributed by atoms with van der Waals surface area (Å²) in [7, 11) is 0. The highest BCUT2D eigenvalue weighted by atomic mass is 127.